The molecule has 0 spiro atoms. The average molecular weight is 156 g/mol. The van der Waals surface area contributed by atoms with Crippen LogP contribution in [-0.4, -0.2) is 0 Å². The number of hydrogen-bond acceptors (Lipinski definition) is 0. The van der Waals surface area contributed by atoms with Gasteiger partial charge in [0.1, 0.15) is 0 Å². The van der Waals surface area contributed by atoms with Crippen molar-refractivity contribution in [2.75, 3.05) is 0 Å². The van der Waals surface area contributed by atoms with E-state index in [1.54, 1.807) is 5.57 Å². The Morgan fingerprint density at radius 3 is 1.64 bits per heavy atom. The van der Waals surface area contributed by atoms with Gasteiger partial charge in [0.2, 0.25) is 0 Å². The van der Waals surface area contributed by atoms with Crippen LogP contribution in [0.5, 0.6) is 0 Å². The van der Waals surface area contributed by atoms with Crippen molar-refractivity contribution in [2.24, 2.45) is 5.92 Å². The predicted molar refractivity (Wildman–Crippen MR) is 54.9 cm³/mol. The lowest BCUT2D eigenvalue weighted by atomic mass is 9.90. The maximum absolute atomic E-state index is 2.31. The molecule has 0 amide bonds. The highest BCUT2D eigenvalue weighted by Crippen LogP contribution is 2.23. The van der Waals surface area contributed by atoms with Crippen LogP contribution in [0.3, 0.4) is 0 Å². The van der Waals surface area contributed by atoms with E-state index in [1.165, 1.54) is 12.8 Å². The Morgan fingerprint density at radius 1 is 1.36 bits per heavy atom. The summed E-state index contributed by atoms with van der Waals surface area (Å²) in [6.45, 7) is 12.7. The first-order chi connectivity index (χ1) is 5.20. The third kappa shape index (κ3) is 9.74. The standard InChI is InChI=1S/C6H10.C3H8.C2H6/c1-5-3-6(2)4-5;1-3-2;1-2/h3,5H,4H2,1-2H3;3H2,1-2H3;1-2H3. The predicted octanol–water partition coefficient (Wildman–Crippen LogP) is 4.42. The molecule has 0 aromatic carbocycles. The minimum Gasteiger partial charge on any atom is -0.0824 e. The molecule has 1 aliphatic carbocycles. The van der Waals surface area contributed by atoms with Crippen LogP contribution in [-0.2, 0) is 0 Å². The van der Waals surface area contributed by atoms with Crippen LogP contribution >= 0.6 is 0 Å². The Morgan fingerprint density at radius 2 is 1.64 bits per heavy atom. The van der Waals surface area contributed by atoms with E-state index in [2.05, 4.69) is 33.8 Å². The van der Waals surface area contributed by atoms with Crippen LogP contribution < -0.4 is 0 Å². The monoisotopic (exact) mass is 156 g/mol. The van der Waals surface area contributed by atoms with Gasteiger partial charge in [0, 0.05) is 0 Å². The molecule has 0 N–H and O–H groups in total. The lowest BCUT2D eigenvalue weighted by Crippen LogP contribution is -2.01. The molecule has 11 heavy (non-hydrogen) atoms. The van der Waals surface area contributed by atoms with E-state index in [4.69, 9.17) is 0 Å². The molecule has 0 fully saturated rings. The highest BCUT2D eigenvalue weighted by molar-refractivity contribution is 5.12. The van der Waals surface area contributed by atoms with E-state index in [0.717, 1.165) is 5.92 Å². The number of rotatable bonds is 0. The smallest absolute Gasteiger partial charge is 0.0222 e. The third-order valence-electron chi connectivity index (χ3n) is 1.21. The second kappa shape index (κ2) is 9.74. The van der Waals surface area contributed by atoms with Crippen molar-refractivity contribution in [3.8, 4) is 0 Å². The lowest BCUT2D eigenvalue weighted by Gasteiger charge is -2.16. The summed E-state index contributed by atoms with van der Waals surface area (Å²) in [6.07, 6.45) is 4.89. The minimum absolute atomic E-state index is 0.880. The molecule has 0 radical (unpaired) electrons. The summed E-state index contributed by atoms with van der Waals surface area (Å²) in [5.41, 5.74) is 1.56. The zero-order valence-electron chi connectivity index (χ0n) is 9.07. The normalized spacial score (nSPS) is 19.5. The first kappa shape index (κ1) is 13.3. The van der Waals surface area contributed by atoms with Crippen molar-refractivity contribution in [3.05, 3.63) is 11.6 Å². The van der Waals surface area contributed by atoms with Gasteiger partial charge in [-0.25, -0.2) is 0 Å². The summed E-state index contributed by atoms with van der Waals surface area (Å²) in [6, 6.07) is 0. The highest BCUT2D eigenvalue weighted by atomic mass is 14.1. The lowest BCUT2D eigenvalue weighted by molar-refractivity contribution is 0.639. The van der Waals surface area contributed by atoms with Crippen molar-refractivity contribution in [2.45, 2.75) is 54.4 Å². The first-order valence-corrected chi connectivity index (χ1v) is 4.88. The van der Waals surface area contributed by atoms with Gasteiger partial charge in [0.05, 0.1) is 0 Å². The fourth-order valence-corrected chi connectivity index (χ4v) is 0.960. The van der Waals surface area contributed by atoms with Gasteiger partial charge in [-0.1, -0.05) is 52.7 Å². The molecule has 1 unspecified atom stereocenters. The molecule has 0 heteroatoms. The van der Waals surface area contributed by atoms with E-state index in [0.29, 0.717) is 0 Å². The average Bonchev–Trinajstić information content (AvgIpc) is 1.92. The van der Waals surface area contributed by atoms with Crippen LogP contribution in [0.1, 0.15) is 54.4 Å². The maximum atomic E-state index is 2.31. The molecule has 0 aromatic heterocycles. The van der Waals surface area contributed by atoms with Crippen LogP contribution in [0.2, 0.25) is 0 Å². The second-order valence-corrected chi connectivity index (χ2v) is 2.90. The van der Waals surface area contributed by atoms with Gasteiger partial charge in [-0.05, 0) is 19.3 Å². The largest absolute Gasteiger partial charge is 0.0824 e. The van der Waals surface area contributed by atoms with Crippen molar-refractivity contribution < 1.29 is 0 Å². The Bertz CT molecular complexity index is 90.2. The van der Waals surface area contributed by atoms with Crippen LogP contribution in [0.15, 0.2) is 11.6 Å². The van der Waals surface area contributed by atoms with Crippen molar-refractivity contribution in [3.63, 3.8) is 0 Å². The summed E-state index contributed by atoms with van der Waals surface area (Å²) in [5, 5.41) is 0. The molecule has 1 atom stereocenters. The summed E-state index contributed by atoms with van der Waals surface area (Å²) in [5.74, 6) is 0.880. The Hall–Kier alpha value is -0.260. The van der Waals surface area contributed by atoms with Crippen molar-refractivity contribution in [1.82, 2.24) is 0 Å². The van der Waals surface area contributed by atoms with Crippen LogP contribution in [0.4, 0.5) is 0 Å². The van der Waals surface area contributed by atoms with E-state index >= 15 is 0 Å². The van der Waals surface area contributed by atoms with Crippen molar-refractivity contribution >= 4 is 0 Å². The minimum atomic E-state index is 0.880. The highest BCUT2D eigenvalue weighted by Gasteiger charge is 2.07. The van der Waals surface area contributed by atoms with E-state index in [1.807, 2.05) is 13.8 Å². The van der Waals surface area contributed by atoms with Gasteiger partial charge in [0.25, 0.3) is 0 Å². The van der Waals surface area contributed by atoms with E-state index in [-0.39, 0.29) is 0 Å². The van der Waals surface area contributed by atoms with E-state index < -0.39 is 0 Å². The van der Waals surface area contributed by atoms with Gasteiger partial charge in [0.15, 0.2) is 0 Å². The topological polar surface area (TPSA) is 0 Å². The molecular formula is C11H24. The molecule has 0 aromatic rings. The molecule has 0 saturated carbocycles. The van der Waals surface area contributed by atoms with Gasteiger partial charge in [-0.3, -0.25) is 0 Å². The molecule has 1 aliphatic rings. The first-order valence-electron chi connectivity index (χ1n) is 4.88. The fourth-order valence-electron chi connectivity index (χ4n) is 0.960. The van der Waals surface area contributed by atoms with Gasteiger partial charge in [-0.15, -0.1) is 0 Å². The molecule has 0 nitrogen and oxygen atoms in total. The zero-order chi connectivity index (χ0) is 9.28. The zero-order valence-corrected chi connectivity index (χ0v) is 9.07. The molecule has 0 heterocycles. The quantitative estimate of drug-likeness (QED) is 0.456. The summed E-state index contributed by atoms with van der Waals surface area (Å²) < 4.78 is 0. The van der Waals surface area contributed by atoms with E-state index in [9.17, 15) is 0 Å². The SMILES string of the molecule is CC.CC1=CC(C)C1.CCC. The van der Waals surface area contributed by atoms with Gasteiger partial charge in [-0.2, -0.15) is 0 Å². The van der Waals surface area contributed by atoms with Crippen LogP contribution in [0, 0.1) is 5.92 Å². The third-order valence-corrected chi connectivity index (χ3v) is 1.21. The van der Waals surface area contributed by atoms with Gasteiger partial charge < -0.3 is 0 Å². The summed E-state index contributed by atoms with van der Waals surface area (Å²) >= 11 is 0. The molecule has 0 saturated heterocycles. The Kier molecular flexibility index (Phi) is 11.8. The molecule has 0 aliphatic heterocycles. The maximum Gasteiger partial charge on any atom is -0.0222 e. The fraction of sp³-hybridized carbons (Fsp3) is 0.818. The Balaban J connectivity index is 0. The second-order valence-electron chi connectivity index (χ2n) is 2.90. The van der Waals surface area contributed by atoms with Gasteiger partial charge >= 0.3 is 0 Å². The summed E-state index contributed by atoms with van der Waals surface area (Å²) in [4.78, 5) is 0. The van der Waals surface area contributed by atoms with Crippen molar-refractivity contribution in [1.29, 1.82) is 0 Å². The molecule has 0 bridgehead atoms. The molecule has 68 valence electrons. The summed E-state index contributed by atoms with van der Waals surface area (Å²) in [7, 11) is 0. The Labute approximate surface area is 72.7 Å². The number of hydrogen-bond donors (Lipinski definition) is 0. The molecule has 1 rings (SSSR count). The number of allylic oxidation sites excluding steroid dienone is 2. The molecular weight excluding hydrogens is 132 g/mol. The van der Waals surface area contributed by atoms with Crippen LogP contribution in [0.25, 0.3) is 0 Å².